The van der Waals surface area contributed by atoms with E-state index < -0.39 is 0 Å². The molecule has 2 aromatic rings. The Hall–Kier alpha value is -0.790. The van der Waals surface area contributed by atoms with Crippen LogP contribution in [0, 0.1) is 41.5 Å². The van der Waals surface area contributed by atoms with Crippen molar-refractivity contribution in [2.45, 2.75) is 46.4 Å². The molecule has 0 spiro atoms. The first-order valence-corrected chi connectivity index (χ1v) is 8.52. The number of hydrogen-bond acceptors (Lipinski definition) is 0. The van der Waals surface area contributed by atoms with Crippen molar-refractivity contribution >= 4 is 27.5 Å². The van der Waals surface area contributed by atoms with E-state index in [1.54, 1.807) is 0 Å². The van der Waals surface area contributed by atoms with Crippen LogP contribution in [0.15, 0.2) is 18.2 Å². The van der Waals surface area contributed by atoms with Gasteiger partial charge >= 0.3 is 0 Å². The molecule has 0 fully saturated rings. The molecule has 1 atom stereocenters. The normalized spacial score (nSPS) is 12.6. The smallest absolute Gasteiger partial charge is 0.0652 e. The Bertz CT molecular complexity index is 672. The van der Waals surface area contributed by atoms with Crippen LogP contribution < -0.4 is 0 Å². The molecule has 112 valence electrons. The Balaban J connectivity index is 2.69. The van der Waals surface area contributed by atoms with E-state index in [9.17, 15) is 0 Å². The average molecular weight is 366 g/mol. The summed E-state index contributed by atoms with van der Waals surface area (Å²) in [6.07, 6.45) is 0. The van der Waals surface area contributed by atoms with E-state index in [-0.39, 0.29) is 4.83 Å². The Morgan fingerprint density at radius 3 is 1.81 bits per heavy atom. The van der Waals surface area contributed by atoms with Crippen molar-refractivity contribution in [1.29, 1.82) is 0 Å². The van der Waals surface area contributed by atoms with E-state index in [4.69, 9.17) is 11.6 Å². The Labute approximate surface area is 141 Å². The van der Waals surface area contributed by atoms with Crippen LogP contribution in [0.25, 0.3) is 0 Å². The maximum absolute atomic E-state index is 6.19. The first kappa shape index (κ1) is 16.6. The third-order valence-corrected chi connectivity index (χ3v) is 6.01. The summed E-state index contributed by atoms with van der Waals surface area (Å²) in [6.45, 7) is 13.2. The van der Waals surface area contributed by atoms with E-state index in [0.29, 0.717) is 0 Å². The molecule has 0 bridgehead atoms. The summed E-state index contributed by atoms with van der Waals surface area (Å²) in [7, 11) is 0. The molecule has 0 radical (unpaired) electrons. The zero-order valence-electron chi connectivity index (χ0n) is 13.6. The second-order valence-electron chi connectivity index (χ2n) is 5.90. The monoisotopic (exact) mass is 364 g/mol. The fourth-order valence-electron chi connectivity index (χ4n) is 2.95. The van der Waals surface area contributed by atoms with Gasteiger partial charge in [0.2, 0.25) is 0 Å². The maximum Gasteiger partial charge on any atom is 0.0652 e. The van der Waals surface area contributed by atoms with Crippen LogP contribution in [0.2, 0.25) is 5.02 Å². The van der Waals surface area contributed by atoms with Crippen molar-refractivity contribution in [1.82, 2.24) is 0 Å². The fraction of sp³-hybridized carbons (Fsp3) is 0.368. The van der Waals surface area contributed by atoms with Gasteiger partial charge in [0.25, 0.3) is 0 Å². The van der Waals surface area contributed by atoms with Gasteiger partial charge in [-0.1, -0.05) is 33.6 Å². The molecule has 2 rings (SSSR count). The highest BCUT2D eigenvalue weighted by Crippen LogP contribution is 2.40. The highest BCUT2D eigenvalue weighted by atomic mass is 79.9. The minimum atomic E-state index is 0.175. The third kappa shape index (κ3) is 2.91. The predicted molar refractivity (Wildman–Crippen MR) is 97.1 cm³/mol. The topological polar surface area (TPSA) is 0 Å². The van der Waals surface area contributed by atoms with Crippen LogP contribution in [-0.4, -0.2) is 0 Å². The standard InChI is InChI=1S/C19H22BrCl/c1-10-7-8-16(21)9-17(10)19(20)18-14(5)12(3)11(2)13(4)15(18)6/h7-9,19H,1-6H3. The molecule has 0 amide bonds. The summed E-state index contributed by atoms with van der Waals surface area (Å²) in [5, 5.41) is 0.788. The van der Waals surface area contributed by atoms with Crippen LogP contribution in [0.1, 0.15) is 49.3 Å². The molecule has 2 aromatic carbocycles. The molecule has 0 nitrogen and oxygen atoms in total. The van der Waals surface area contributed by atoms with Gasteiger partial charge in [-0.2, -0.15) is 0 Å². The molecule has 0 aliphatic carbocycles. The molecule has 0 aromatic heterocycles. The molecule has 0 aliphatic rings. The van der Waals surface area contributed by atoms with Crippen molar-refractivity contribution in [3.63, 3.8) is 0 Å². The quantitative estimate of drug-likeness (QED) is 0.521. The minimum Gasteiger partial charge on any atom is -0.0843 e. The lowest BCUT2D eigenvalue weighted by Crippen LogP contribution is -2.06. The molecule has 21 heavy (non-hydrogen) atoms. The highest BCUT2D eigenvalue weighted by Gasteiger charge is 2.21. The van der Waals surface area contributed by atoms with Gasteiger partial charge in [0.05, 0.1) is 4.83 Å². The minimum absolute atomic E-state index is 0.175. The van der Waals surface area contributed by atoms with Crippen LogP contribution in [-0.2, 0) is 0 Å². The first-order chi connectivity index (χ1) is 9.75. The number of halogens is 2. The van der Waals surface area contributed by atoms with E-state index in [1.807, 2.05) is 6.07 Å². The third-order valence-electron chi connectivity index (χ3n) is 4.83. The lowest BCUT2D eigenvalue weighted by Gasteiger charge is -2.23. The molecular weight excluding hydrogens is 344 g/mol. The van der Waals surface area contributed by atoms with Crippen molar-refractivity contribution in [3.05, 3.63) is 67.7 Å². The van der Waals surface area contributed by atoms with Crippen LogP contribution >= 0.6 is 27.5 Å². The van der Waals surface area contributed by atoms with Gasteiger partial charge < -0.3 is 0 Å². The number of hydrogen-bond donors (Lipinski definition) is 0. The number of aryl methyl sites for hydroxylation is 1. The van der Waals surface area contributed by atoms with Crippen LogP contribution in [0.3, 0.4) is 0 Å². The second kappa shape index (κ2) is 6.14. The van der Waals surface area contributed by atoms with Gasteiger partial charge in [0, 0.05) is 5.02 Å². The summed E-state index contributed by atoms with van der Waals surface area (Å²) < 4.78 is 0. The lowest BCUT2D eigenvalue weighted by atomic mass is 9.86. The Morgan fingerprint density at radius 1 is 0.810 bits per heavy atom. The van der Waals surface area contributed by atoms with Crippen molar-refractivity contribution in [2.75, 3.05) is 0 Å². The number of alkyl halides is 1. The van der Waals surface area contributed by atoms with Gasteiger partial charge in [0.1, 0.15) is 0 Å². The zero-order valence-corrected chi connectivity index (χ0v) is 15.9. The summed E-state index contributed by atoms with van der Waals surface area (Å²) >= 11 is 10.1. The van der Waals surface area contributed by atoms with E-state index in [0.717, 1.165) is 5.02 Å². The highest BCUT2D eigenvalue weighted by molar-refractivity contribution is 9.09. The lowest BCUT2D eigenvalue weighted by molar-refractivity contribution is 1.05. The summed E-state index contributed by atoms with van der Waals surface area (Å²) in [5.74, 6) is 0. The molecule has 0 saturated carbocycles. The number of rotatable bonds is 2. The molecule has 0 N–H and O–H groups in total. The Morgan fingerprint density at radius 2 is 1.29 bits per heavy atom. The van der Waals surface area contributed by atoms with Crippen molar-refractivity contribution < 1.29 is 0 Å². The van der Waals surface area contributed by atoms with Gasteiger partial charge in [-0.15, -0.1) is 0 Å². The molecule has 0 heterocycles. The molecule has 0 aliphatic heterocycles. The van der Waals surface area contributed by atoms with E-state index in [1.165, 1.54) is 44.5 Å². The SMILES string of the molecule is Cc1ccc(Cl)cc1C(Br)c1c(C)c(C)c(C)c(C)c1C. The zero-order chi connectivity index (χ0) is 15.9. The molecule has 2 heteroatoms. The average Bonchev–Trinajstić information content (AvgIpc) is 2.45. The van der Waals surface area contributed by atoms with Gasteiger partial charge in [-0.3, -0.25) is 0 Å². The van der Waals surface area contributed by atoms with Gasteiger partial charge in [-0.25, -0.2) is 0 Å². The Kier molecular flexibility index (Phi) is 4.85. The van der Waals surface area contributed by atoms with Crippen molar-refractivity contribution in [3.8, 4) is 0 Å². The molecular formula is C19H22BrCl. The van der Waals surface area contributed by atoms with Gasteiger partial charge in [0.15, 0.2) is 0 Å². The second-order valence-corrected chi connectivity index (χ2v) is 7.25. The first-order valence-electron chi connectivity index (χ1n) is 7.22. The molecule has 0 saturated heterocycles. The largest absolute Gasteiger partial charge is 0.0843 e. The summed E-state index contributed by atoms with van der Waals surface area (Å²) in [6, 6.07) is 6.11. The van der Waals surface area contributed by atoms with E-state index >= 15 is 0 Å². The predicted octanol–water partition coefficient (Wildman–Crippen LogP) is 6.67. The van der Waals surface area contributed by atoms with E-state index in [2.05, 4.69) is 69.6 Å². The fourth-order valence-corrected chi connectivity index (χ4v) is 4.31. The maximum atomic E-state index is 6.19. The van der Waals surface area contributed by atoms with Crippen molar-refractivity contribution in [2.24, 2.45) is 0 Å². The summed E-state index contributed by atoms with van der Waals surface area (Å²) in [5.41, 5.74) is 10.8. The van der Waals surface area contributed by atoms with Crippen LogP contribution in [0.4, 0.5) is 0 Å². The van der Waals surface area contributed by atoms with Gasteiger partial charge in [-0.05, 0) is 98.2 Å². The number of benzene rings is 2. The molecule has 1 unspecified atom stereocenters. The summed E-state index contributed by atoms with van der Waals surface area (Å²) in [4.78, 5) is 0.175. The van der Waals surface area contributed by atoms with Crippen LogP contribution in [0.5, 0.6) is 0 Å².